The number of halogens is 1. The molecule has 0 saturated carbocycles. The number of alkyl halides is 1. The summed E-state index contributed by atoms with van der Waals surface area (Å²) >= 11 is 0. The van der Waals surface area contributed by atoms with Crippen LogP contribution in [0.4, 0.5) is 4.39 Å². The molecule has 3 heteroatoms. The number of allylic oxidation sites excluding steroid dienone is 1. The Labute approximate surface area is 67.0 Å². The first-order chi connectivity index (χ1) is 4.93. The first-order valence-electron chi connectivity index (χ1n) is 3.51. The van der Waals surface area contributed by atoms with Crippen LogP contribution in [0.5, 0.6) is 0 Å². The van der Waals surface area contributed by atoms with Crippen LogP contribution in [0.25, 0.3) is 0 Å². The van der Waals surface area contributed by atoms with Gasteiger partial charge in [-0.2, -0.15) is 0 Å². The van der Waals surface area contributed by atoms with Gasteiger partial charge >= 0.3 is 0 Å². The summed E-state index contributed by atoms with van der Waals surface area (Å²) in [4.78, 5) is 3.71. The van der Waals surface area contributed by atoms with Gasteiger partial charge in [-0.05, 0) is 20.8 Å². The Morgan fingerprint density at radius 1 is 1.55 bits per heavy atom. The van der Waals surface area contributed by atoms with Crippen molar-refractivity contribution in [3.05, 3.63) is 11.6 Å². The third-order valence-electron chi connectivity index (χ3n) is 1.45. The molecule has 0 aromatic rings. The Hall–Kier alpha value is -0.860. The molecule has 0 unspecified atom stereocenters. The molecule has 0 fully saturated rings. The molecule has 0 bridgehead atoms. The van der Waals surface area contributed by atoms with E-state index in [0.717, 1.165) is 0 Å². The molecule has 0 aliphatic rings. The minimum absolute atomic E-state index is 0.264. The molecule has 0 aromatic heterocycles. The maximum Gasteiger partial charge on any atom is 0.133 e. The van der Waals surface area contributed by atoms with E-state index in [1.54, 1.807) is 20.0 Å². The van der Waals surface area contributed by atoms with Crippen molar-refractivity contribution in [2.45, 2.75) is 26.4 Å². The van der Waals surface area contributed by atoms with E-state index in [1.807, 2.05) is 0 Å². The summed E-state index contributed by atoms with van der Waals surface area (Å²) in [5.74, 6) is 0.264. The normalized spacial score (nSPS) is 15.4. The molecule has 0 heterocycles. The Morgan fingerprint density at radius 3 is 2.09 bits per heavy atom. The highest BCUT2D eigenvalue weighted by Crippen LogP contribution is 2.20. The second-order valence-corrected chi connectivity index (χ2v) is 2.78. The van der Waals surface area contributed by atoms with Gasteiger partial charge in [-0.15, -0.1) is 0 Å². The number of rotatable bonds is 2. The van der Waals surface area contributed by atoms with Crippen molar-refractivity contribution in [3.8, 4) is 0 Å². The van der Waals surface area contributed by atoms with Gasteiger partial charge in [0.05, 0.1) is 0 Å². The Bertz CT molecular complexity index is 187. The van der Waals surface area contributed by atoms with Crippen LogP contribution in [0.15, 0.2) is 16.6 Å². The minimum Gasteiger partial charge on any atom is -0.384 e. The van der Waals surface area contributed by atoms with Crippen molar-refractivity contribution in [3.63, 3.8) is 0 Å². The quantitative estimate of drug-likeness (QED) is 0.482. The summed E-state index contributed by atoms with van der Waals surface area (Å²) in [5, 5.41) is 0. The van der Waals surface area contributed by atoms with Crippen LogP contribution < -0.4 is 5.73 Å². The van der Waals surface area contributed by atoms with Gasteiger partial charge in [0, 0.05) is 12.6 Å². The molecule has 0 amide bonds. The average Bonchev–Trinajstić information content (AvgIpc) is 1.86. The van der Waals surface area contributed by atoms with Crippen LogP contribution in [-0.4, -0.2) is 18.6 Å². The summed E-state index contributed by atoms with van der Waals surface area (Å²) in [6.07, 6.45) is 1.64. The maximum absolute atomic E-state index is 13.3. The summed E-state index contributed by atoms with van der Waals surface area (Å²) < 4.78 is 13.3. The van der Waals surface area contributed by atoms with E-state index in [2.05, 4.69) is 4.99 Å². The van der Waals surface area contributed by atoms with E-state index in [4.69, 9.17) is 5.73 Å². The van der Waals surface area contributed by atoms with Crippen molar-refractivity contribution < 1.29 is 4.39 Å². The molecule has 0 spiro atoms. The molecule has 0 saturated heterocycles. The van der Waals surface area contributed by atoms with Crippen molar-refractivity contribution in [2.24, 2.45) is 10.7 Å². The van der Waals surface area contributed by atoms with Crippen LogP contribution in [0.2, 0.25) is 0 Å². The van der Waals surface area contributed by atoms with E-state index < -0.39 is 5.67 Å². The summed E-state index contributed by atoms with van der Waals surface area (Å²) in [6, 6.07) is 0. The summed E-state index contributed by atoms with van der Waals surface area (Å²) in [5.41, 5.74) is 4.50. The SMILES string of the molecule is C/C=C(\C(N)=NC)C(C)(C)F. The molecule has 2 N–H and O–H groups in total. The van der Waals surface area contributed by atoms with Crippen LogP contribution in [-0.2, 0) is 0 Å². The van der Waals surface area contributed by atoms with Crippen LogP contribution in [0, 0.1) is 0 Å². The fourth-order valence-electron chi connectivity index (χ4n) is 0.916. The highest BCUT2D eigenvalue weighted by Gasteiger charge is 2.23. The molecule has 0 aliphatic carbocycles. The van der Waals surface area contributed by atoms with E-state index in [0.29, 0.717) is 5.57 Å². The molecule has 0 radical (unpaired) electrons. The topological polar surface area (TPSA) is 38.4 Å². The maximum atomic E-state index is 13.3. The predicted molar refractivity (Wildman–Crippen MR) is 46.5 cm³/mol. The van der Waals surface area contributed by atoms with Crippen LogP contribution in [0.1, 0.15) is 20.8 Å². The Morgan fingerprint density at radius 2 is 2.00 bits per heavy atom. The number of aliphatic imine (C=N–C) groups is 1. The van der Waals surface area contributed by atoms with Gasteiger partial charge in [0.2, 0.25) is 0 Å². The second-order valence-electron chi connectivity index (χ2n) is 2.78. The first-order valence-corrected chi connectivity index (χ1v) is 3.51. The third kappa shape index (κ3) is 2.70. The lowest BCUT2D eigenvalue weighted by molar-refractivity contribution is 0.277. The zero-order valence-electron chi connectivity index (χ0n) is 7.48. The molecule has 11 heavy (non-hydrogen) atoms. The van der Waals surface area contributed by atoms with Gasteiger partial charge in [0.1, 0.15) is 11.5 Å². The standard InChI is InChI=1S/C8H15FN2/c1-5-6(7(10)11-4)8(2,3)9/h5H,1-4H3,(H2,10,11)/b6-5+. The second kappa shape index (κ2) is 3.51. The monoisotopic (exact) mass is 158 g/mol. The zero-order valence-corrected chi connectivity index (χ0v) is 7.48. The molecular formula is C8H15FN2. The van der Waals surface area contributed by atoms with Gasteiger partial charge in [0.25, 0.3) is 0 Å². The van der Waals surface area contributed by atoms with Crippen LogP contribution in [0.3, 0.4) is 0 Å². The Balaban J connectivity index is 4.73. The lowest BCUT2D eigenvalue weighted by Crippen LogP contribution is -2.28. The summed E-state index contributed by atoms with van der Waals surface area (Å²) in [6.45, 7) is 4.66. The van der Waals surface area contributed by atoms with Gasteiger partial charge in [-0.3, -0.25) is 4.99 Å². The van der Waals surface area contributed by atoms with Crippen molar-refractivity contribution >= 4 is 5.84 Å². The first kappa shape index (κ1) is 10.1. The van der Waals surface area contributed by atoms with E-state index >= 15 is 0 Å². The fraction of sp³-hybridized carbons (Fsp3) is 0.625. The molecule has 2 nitrogen and oxygen atoms in total. The lowest BCUT2D eigenvalue weighted by atomic mass is 9.99. The van der Waals surface area contributed by atoms with Crippen molar-refractivity contribution in [2.75, 3.05) is 7.05 Å². The number of hydrogen-bond donors (Lipinski definition) is 1. The lowest BCUT2D eigenvalue weighted by Gasteiger charge is -2.17. The van der Waals surface area contributed by atoms with E-state index in [9.17, 15) is 4.39 Å². The number of hydrogen-bond acceptors (Lipinski definition) is 1. The summed E-state index contributed by atoms with van der Waals surface area (Å²) in [7, 11) is 1.55. The predicted octanol–water partition coefficient (Wildman–Crippen LogP) is 1.67. The highest BCUT2D eigenvalue weighted by atomic mass is 19.1. The minimum atomic E-state index is -1.40. The van der Waals surface area contributed by atoms with Crippen molar-refractivity contribution in [1.29, 1.82) is 0 Å². The van der Waals surface area contributed by atoms with E-state index in [1.165, 1.54) is 13.8 Å². The number of nitrogens with two attached hydrogens (primary N) is 1. The number of nitrogens with zero attached hydrogens (tertiary/aromatic N) is 1. The third-order valence-corrected chi connectivity index (χ3v) is 1.45. The molecule has 64 valence electrons. The molecule has 0 aromatic carbocycles. The molecule has 0 atom stereocenters. The smallest absolute Gasteiger partial charge is 0.133 e. The Kier molecular flexibility index (Phi) is 3.23. The van der Waals surface area contributed by atoms with Crippen molar-refractivity contribution in [1.82, 2.24) is 0 Å². The van der Waals surface area contributed by atoms with Gasteiger partial charge < -0.3 is 5.73 Å². The van der Waals surface area contributed by atoms with E-state index in [-0.39, 0.29) is 5.84 Å². The van der Waals surface area contributed by atoms with Gasteiger partial charge in [0.15, 0.2) is 0 Å². The van der Waals surface area contributed by atoms with Crippen LogP contribution >= 0.6 is 0 Å². The number of amidine groups is 1. The zero-order chi connectivity index (χ0) is 9.07. The molecular weight excluding hydrogens is 143 g/mol. The average molecular weight is 158 g/mol. The largest absolute Gasteiger partial charge is 0.384 e. The van der Waals surface area contributed by atoms with Gasteiger partial charge in [-0.1, -0.05) is 6.08 Å². The fourth-order valence-corrected chi connectivity index (χ4v) is 0.916. The van der Waals surface area contributed by atoms with Gasteiger partial charge in [-0.25, -0.2) is 4.39 Å². The molecule has 0 aliphatic heterocycles. The molecule has 0 rings (SSSR count). The highest BCUT2D eigenvalue weighted by molar-refractivity contribution is 5.98.